The number of nitrogens with two attached hydrogens (primary N) is 1. The van der Waals surface area contributed by atoms with E-state index in [-0.39, 0.29) is 11.8 Å². The molecule has 2 rings (SSSR count). The molecule has 2 heterocycles. The van der Waals surface area contributed by atoms with E-state index in [0.29, 0.717) is 30.9 Å². The Morgan fingerprint density at radius 2 is 2.44 bits per heavy atom. The lowest BCUT2D eigenvalue weighted by molar-refractivity contribution is -0.117. The second kappa shape index (κ2) is 5.14. The molecule has 18 heavy (non-hydrogen) atoms. The minimum Gasteiger partial charge on any atom is -0.465 e. The van der Waals surface area contributed by atoms with Crippen molar-refractivity contribution in [1.82, 2.24) is 4.98 Å². The van der Waals surface area contributed by atoms with Crippen molar-refractivity contribution < 1.29 is 14.3 Å². The molecule has 1 fully saturated rings. The van der Waals surface area contributed by atoms with Gasteiger partial charge in [0.15, 0.2) is 0 Å². The van der Waals surface area contributed by atoms with Crippen molar-refractivity contribution in [3.63, 3.8) is 0 Å². The fraction of sp³-hybridized carbons (Fsp3) is 0.417. The monoisotopic (exact) mass is 249 g/mol. The van der Waals surface area contributed by atoms with Gasteiger partial charge >= 0.3 is 5.97 Å². The van der Waals surface area contributed by atoms with Crippen molar-refractivity contribution in [2.24, 2.45) is 11.7 Å². The molecule has 0 spiro atoms. The van der Waals surface area contributed by atoms with Gasteiger partial charge in [-0.3, -0.25) is 9.69 Å². The highest BCUT2D eigenvalue weighted by molar-refractivity contribution is 6.02. The van der Waals surface area contributed by atoms with E-state index in [1.165, 1.54) is 12.0 Å². The molecule has 1 aromatic rings. The van der Waals surface area contributed by atoms with Crippen LogP contribution in [0.1, 0.15) is 16.8 Å². The van der Waals surface area contributed by atoms with Crippen LogP contribution in [-0.2, 0) is 9.53 Å². The normalized spacial score (nSPS) is 19.1. The number of hydrogen-bond acceptors (Lipinski definition) is 5. The topological polar surface area (TPSA) is 85.5 Å². The molecule has 0 saturated carbocycles. The van der Waals surface area contributed by atoms with Crippen LogP contribution in [-0.4, -0.2) is 37.1 Å². The van der Waals surface area contributed by atoms with Crippen LogP contribution in [0.25, 0.3) is 0 Å². The van der Waals surface area contributed by atoms with E-state index in [1.54, 1.807) is 18.3 Å². The summed E-state index contributed by atoms with van der Waals surface area (Å²) in [6.07, 6.45) is 1.94. The van der Waals surface area contributed by atoms with Gasteiger partial charge in [-0.25, -0.2) is 9.78 Å². The zero-order chi connectivity index (χ0) is 13.1. The van der Waals surface area contributed by atoms with Gasteiger partial charge in [0, 0.05) is 19.2 Å². The lowest BCUT2D eigenvalue weighted by atomic mass is 10.1. The van der Waals surface area contributed by atoms with Crippen LogP contribution in [0.5, 0.6) is 0 Å². The largest absolute Gasteiger partial charge is 0.465 e. The van der Waals surface area contributed by atoms with Crippen LogP contribution < -0.4 is 10.6 Å². The fourth-order valence-corrected chi connectivity index (χ4v) is 2.03. The lowest BCUT2D eigenvalue weighted by Crippen LogP contribution is -2.28. The maximum atomic E-state index is 11.9. The average Bonchev–Trinajstić information content (AvgIpc) is 2.79. The standard InChI is InChI=1S/C12H15N3O3/c1-18-12(17)9-3-2-4-14-11(9)15-7-8(6-13)5-10(15)16/h2-4,8H,5-7,13H2,1H3. The number of nitrogens with zero attached hydrogens (tertiary/aromatic N) is 2. The number of aromatic nitrogens is 1. The van der Waals surface area contributed by atoms with Gasteiger partial charge < -0.3 is 10.5 Å². The van der Waals surface area contributed by atoms with Crippen molar-refractivity contribution in [2.75, 3.05) is 25.1 Å². The summed E-state index contributed by atoms with van der Waals surface area (Å²) in [5.41, 5.74) is 5.87. The van der Waals surface area contributed by atoms with Gasteiger partial charge in [-0.1, -0.05) is 0 Å². The number of rotatable bonds is 3. The zero-order valence-electron chi connectivity index (χ0n) is 10.1. The van der Waals surface area contributed by atoms with Crippen molar-refractivity contribution in [2.45, 2.75) is 6.42 Å². The predicted octanol–water partition coefficient (Wildman–Crippen LogP) is 0.180. The summed E-state index contributed by atoms with van der Waals surface area (Å²) in [6.45, 7) is 0.943. The summed E-state index contributed by atoms with van der Waals surface area (Å²) in [4.78, 5) is 29.1. The van der Waals surface area contributed by atoms with E-state index in [9.17, 15) is 9.59 Å². The van der Waals surface area contributed by atoms with E-state index < -0.39 is 5.97 Å². The molecule has 6 nitrogen and oxygen atoms in total. The second-order valence-electron chi connectivity index (χ2n) is 4.18. The van der Waals surface area contributed by atoms with Crippen LogP contribution >= 0.6 is 0 Å². The first kappa shape index (κ1) is 12.5. The van der Waals surface area contributed by atoms with Gasteiger partial charge in [0.1, 0.15) is 11.4 Å². The molecular formula is C12H15N3O3. The highest BCUT2D eigenvalue weighted by Gasteiger charge is 2.32. The van der Waals surface area contributed by atoms with Gasteiger partial charge in [-0.15, -0.1) is 0 Å². The molecule has 6 heteroatoms. The van der Waals surface area contributed by atoms with Crippen molar-refractivity contribution in [3.8, 4) is 0 Å². The summed E-state index contributed by atoms with van der Waals surface area (Å²) >= 11 is 0. The van der Waals surface area contributed by atoms with E-state index in [2.05, 4.69) is 9.72 Å². The molecule has 1 aromatic heterocycles. The van der Waals surface area contributed by atoms with Crippen molar-refractivity contribution >= 4 is 17.7 Å². The number of carbonyl (C=O) groups excluding carboxylic acids is 2. The summed E-state index contributed by atoms with van der Waals surface area (Å²) in [5.74, 6) is -0.0910. The fourth-order valence-electron chi connectivity index (χ4n) is 2.03. The number of ether oxygens (including phenoxy) is 1. The number of methoxy groups -OCH3 is 1. The van der Waals surface area contributed by atoms with Crippen LogP contribution in [0.15, 0.2) is 18.3 Å². The smallest absolute Gasteiger partial charge is 0.341 e. The molecule has 0 radical (unpaired) electrons. The summed E-state index contributed by atoms with van der Waals surface area (Å²) in [7, 11) is 1.30. The summed E-state index contributed by atoms with van der Waals surface area (Å²) in [5, 5.41) is 0. The average molecular weight is 249 g/mol. The van der Waals surface area contributed by atoms with E-state index in [4.69, 9.17) is 5.73 Å². The third-order valence-corrected chi connectivity index (χ3v) is 2.99. The van der Waals surface area contributed by atoms with Crippen LogP contribution in [0.3, 0.4) is 0 Å². The molecule has 1 saturated heterocycles. The first-order valence-electron chi connectivity index (χ1n) is 5.71. The van der Waals surface area contributed by atoms with E-state index in [1.807, 2.05) is 0 Å². The minimum absolute atomic E-state index is 0.0608. The highest BCUT2D eigenvalue weighted by atomic mass is 16.5. The van der Waals surface area contributed by atoms with Gasteiger partial charge in [0.2, 0.25) is 5.91 Å². The first-order chi connectivity index (χ1) is 8.67. The molecule has 96 valence electrons. The predicted molar refractivity (Wildman–Crippen MR) is 65.1 cm³/mol. The lowest BCUT2D eigenvalue weighted by Gasteiger charge is -2.17. The number of pyridine rings is 1. The molecule has 2 N–H and O–H groups in total. The number of esters is 1. The Labute approximate surface area is 105 Å². The Morgan fingerprint density at radius 3 is 3.06 bits per heavy atom. The number of amides is 1. The summed E-state index contributed by atoms with van der Waals surface area (Å²) < 4.78 is 4.68. The second-order valence-corrected chi connectivity index (χ2v) is 4.18. The number of anilines is 1. The Morgan fingerprint density at radius 1 is 1.67 bits per heavy atom. The van der Waals surface area contributed by atoms with Gasteiger partial charge in [-0.2, -0.15) is 0 Å². The third-order valence-electron chi connectivity index (χ3n) is 2.99. The maximum Gasteiger partial charge on any atom is 0.341 e. The van der Waals surface area contributed by atoms with Gasteiger partial charge in [-0.05, 0) is 24.6 Å². The molecule has 0 aromatic carbocycles. The molecule has 1 atom stereocenters. The molecule has 1 unspecified atom stereocenters. The minimum atomic E-state index is -0.498. The van der Waals surface area contributed by atoms with Crippen LogP contribution in [0, 0.1) is 5.92 Å². The van der Waals surface area contributed by atoms with Gasteiger partial charge in [0.25, 0.3) is 0 Å². The van der Waals surface area contributed by atoms with E-state index in [0.717, 1.165) is 0 Å². The van der Waals surface area contributed by atoms with E-state index >= 15 is 0 Å². The van der Waals surface area contributed by atoms with Crippen molar-refractivity contribution in [1.29, 1.82) is 0 Å². The Hall–Kier alpha value is -1.95. The Balaban J connectivity index is 2.34. The summed E-state index contributed by atoms with van der Waals surface area (Å²) in [6, 6.07) is 3.23. The third kappa shape index (κ3) is 2.19. The Kier molecular flexibility index (Phi) is 3.57. The molecule has 1 aliphatic heterocycles. The molecule has 0 aliphatic carbocycles. The first-order valence-corrected chi connectivity index (χ1v) is 5.71. The van der Waals surface area contributed by atoms with Crippen LogP contribution in [0.2, 0.25) is 0 Å². The SMILES string of the molecule is COC(=O)c1cccnc1N1CC(CN)CC1=O. The quantitative estimate of drug-likeness (QED) is 0.772. The molecular weight excluding hydrogens is 234 g/mol. The van der Waals surface area contributed by atoms with Crippen molar-refractivity contribution in [3.05, 3.63) is 23.9 Å². The van der Waals surface area contributed by atoms with Gasteiger partial charge in [0.05, 0.1) is 7.11 Å². The maximum absolute atomic E-state index is 11.9. The Bertz CT molecular complexity index is 475. The molecule has 1 aliphatic rings. The number of hydrogen-bond donors (Lipinski definition) is 1. The molecule has 1 amide bonds. The molecule has 0 bridgehead atoms. The highest BCUT2D eigenvalue weighted by Crippen LogP contribution is 2.26. The van der Waals surface area contributed by atoms with Crippen LogP contribution in [0.4, 0.5) is 5.82 Å². The number of carbonyl (C=O) groups is 2. The zero-order valence-corrected chi connectivity index (χ0v) is 10.1.